The number of likely N-dealkylation sites (tertiary alicyclic amines) is 1. The quantitative estimate of drug-likeness (QED) is 0.892. The summed E-state index contributed by atoms with van der Waals surface area (Å²) in [5.74, 6) is -0.474. The molecule has 1 aliphatic heterocycles. The molecule has 1 saturated heterocycles. The third kappa shape index (κ3) is 4.12. The Balaban J connectivity index is 1.91. The van der Waals surface area contributed by atoms with Gasteiger partial charge >= 0.3 is 0 Å². The highest BCUT2D eigenvalue weighted by Crippen LogP contribution is 2.18. The third-order valence-electron chi connectivity index (χ3n) is 3.46. The van der Waals surface area contributed by atoms with Crippen LogP contribution in [0.5, 0.6) is 0 Å². The van der Waals surface area contributed by atoms with Crippen LogP contribution in [0.25, 0.3) is 0 Å². The van der Waals surface area contributed by atoms with E-state index in [2.05, 4.69) is 11.3 Å². The van der Waals surface area contributed by atoms with Crippen molar-refractivity contribution >= 4 is 15.9 Å². The number of rotatable bonds is 5. The van der Waals surface area contributed by atoms with Gasteiger partial charge in [0.25, 0.3) is 5.91 Å². The summed E-state index contributed by atoms with van der Waals surface area (Å²) in [6.45, 7) is 4.55. The first-order valence-corrected chi connectivity index (χ1v) is 8.13. The van der Waals surface area contributed by atoms with Crippen LogP contribution < -0.4 is 4.72 Å². The lowest BCUT2D eigenvalue weighted by Gasteiger charge is -2.16. The van der Waals surface area contributed by atoms with Crippen LogP contribution in [0, 0.1) is 11.7 Å². The van der Waals surface area contributed by atoms with Gasteiger partial charge in [-0.3, -0.25) is 4.79 Å². The van der Waals surface area contributed by atoms with E-state index in [9.17, 15) is 17.6 Å². The van der Waals surface area contributed by atoms with E-state index in [1.54, 1.807) is 4.90 Å². The Hall–Kier alpha value is -1.73. The molecule has 1 aromatic carbocycles. The number of nitrogens with one attached hydrogen (secondary N) is 1. The summed E-state index contributed by atoms with van der Waals surface area (Å²) in [5, 5.41) is 0.864. The van der Waals surface area contributed by atoms with Crippen molar-refractivity contribution in [1.82, 2.24) is 9.62 Å². The van der Waals surface area contributed by atoms with Crippen LogP contribution >= 0.6 is 0 Å². The van der Waals surface area contributed by atoms with Gasteiger partial charge in [0.2, 0.25) is 10.0 Å². The van der Waals surface area contributed by atoms with Gasteiger partial charge < -0.3 is 4.90 Å². The Labute approximate surface area is 123 Å². The van der Waals surface area contributed by atoms with E-state index in [0.717, 1.165) is 11.8 Å². The van der Waals surface area contributed by atoms with Crippen molar-refractivity contribution in [2.75, 3.05) is 19.6 Å². The van der Waals surface area contributed by atoms with Gasteiger partial charge in [0, 0.05) is 30.6 Å². The second-order valence-corrected chi connectivity index (χ2v) is 6.68. The zero-order valence-corrected chi connectivity index (χ0v) is 12.3. The molecule has 0 spiro atoms. The lowest BCUT2D eigenvalue weighted by atomic mass is 10.1. The van der Waals surface area contributed by atoms with Crippen molar-refractivity contribution in [2.45, 2.75) is 6.42 Å². The maximum atomic E-state index is 12.8. The standard InChI is InChI=1S/C14H17FN2O3S/c1-2-21(19,20)16-9-11-7-8-17(10-11)14(18)12-3-5-13(15)6-4-12/h2-6,11,16H,1,7-10H2. The van der Waals surface area contributed by atoms with Gasteiger partial charge in [0.1, 0.15) is 5.82 Å². The SMILES string of the molecule is C=CS(=O)(=O)NCC1CCN(C(=O)c2ccc(F)cc2)C1. The van der Waals surface area contributed by atoms with Crippen LogP contribution in [-0.4, -0.2) is 38.9 Å². The fourth-order valence-corrected chi connectivity index (χ4v) is 2.84. The second kappa shape index (κ2) is 6.36. The molecule has 0 aromatic heterocycles. The minimum absolute atomic E-state index is 0.0733. The third-order valence-corrected chi connectivity index (χ3v) is 4.46. The second-order valence-electron chi connectivity index (χ2n) is 4.97. The fraction of sp³-hybridized carbons (Fsp3) is 0.357. The summed E-state index contributed by atoms with van der Waals surface area (Å²) in [7, 11) is -3.43. The highest BCUT2D eigenvalue weighted by Gasteiger charge is 2.27. The number of carbonyl (C=O) groups excluding carboxylic acids is 1. The molecular formula is C14H17FN2O3S. The van der Waals surface area contributed by atoms with Crippen LogP contribution in [0.2, 0.25) is 0 Å². The van der Waals surface area contributed by atoms with E-state index in [0.29, 0.717) is 18.7 Å². The molecule has 0 radical (unpaired) electrons. The van der Waals surface area contributed by atoms with Gasteiger partial charge in [-0.15, -0.1) is 0 Å². The minimum atomic E-state index is -3.43. The molecule has 1 aromatic rings. The van der Waals surface area contributed by atoms with Crippen LogP contribution in [-0.2, 0) is 10.0 Å². The summed E-state index contributed by atoms with van der Waals surface area (Å²) in [5.41, 5.74) is 0.434. The predicted octanol–water partition coefficient (Wildman–Crippen LogP) is 1.35. The molecule has 1 aliphatic rings. The maximum Gasteiger partial charge on any atom is 0.253 e. The van der Waals surface area contributed by atoms with Gasteiger partial charge in [0.15, 0.2) is 0 Å². The zero-order valence-electron chi connectivity index (χ0n) is 11.5. The summed E-state index contributed by atoms with van der Waals surface area (Å²) in [6.07, 6.45) is 0.729. The van der Waals surface area contributed by atoms with Crippen molar-refractivity contribution in [3.05, 3.63) is 47.6 Å². The predicted molar refractivity (Wildman–Crippen MR) is 77.5 cm³/mol. The van der Waals surface area contributed by atoms with E-state index >= 15 is 0 Å². The van der Waals surface area contributed by atoms with Crippen molar-refractivity contribution in [1.29, 1.82) is 0 Å². The normalized spacial score (nSPS) is 18.7. The van der Waals surface area contributed by atoms with Gasteiger partial charge in [-0.05, 0) is 36.6 Å². The van der Waals surface area contributed by atoms with E-state index in [-0.39, 0.29) is 24.2 Å². The van der Waals surface area contributed by atoms with Gasteiger partial charge in [-0.2, -0.15) is 0 Å². The van der Waals surface area contributed by atoms with Crippen molar-refractivity contribution in [2.24, 2.45) is 5.92 Å². The molecule has 114 valence electrons. The number of hydrogen-bond donors (Lipinski definition) is 1. The largest absolute Gasteiger partial charge is 0.338 e. The first-order valence-electron chi connectivity index (χ1n) is 6.58. The number of amides is 1. The zero-order chi connectivity index (χ0) is 15.5. The van der Waals surface area contributed by atoms with Crippen molar-refractivity contribution in [3.8, 4) is 0 Å². The lowest BCUT2D eigenvalue weighted by Crippen LogP contribution is -2.32. The molecule has 1 heterocycles. The molecule has 1 amide bonds. The molecular weight excluding hydrogens is 295 g/mol. The smallest absolute Gasteiger partial charge is 0.253 e. The molecule has 5 nitrogen and oxygen atoms in total. The summed E-state index contributed by atoms with van der Waals surface area (Å²) in [4.78, 5) is 13.9. The van der Waals surface area contributed by atoms with E-state index in [4.69, 9.17) is 0 Å². The Morgan fingerprint density at radius 1 is 1.43 bits per heavy atom. The molecule has 2 rings (SSSR count). The van der Waals surface area contributed by atoms with Crippen LogP contribution in [0.15, 0.2) is 36.3 Å². The average Bonchev–Trinajstić information content (AvgIpc) is 2.94. The lowest BCUT2D eigenvalue weighted by molar-refractivity contribution is 0.0787. The van der Waals surface area contributed by atoms with Gasteiger partial charge in [-0.1, -0.05) is 6.58 Å². The molecule has 1 N–H and O–H groups in total. The molecule has 7 heteroatoms. The molecule has 1 fully saturated rings. The molecule has 1 atom stereocenters. The monoisotopic (exact) mass is 312 g/mol. The number of sulfonamides is 1. The number of benzene rings is 1. The van der Waals surface area contributed by atoms with Crippen molar-refractivity contribution in [3.63, 3.8) is 0 Å². The number of hydrogen-bond acceptors (Lipinski definition) is 3. The van der Waals surface area contributed by atoms with Crippen LogP contribution in [0.4, 0.5) is 4.39 Å². The maximum absolute atomic E-state index is 12.8. The average molecular weight is 312 g/mol. The Bertz CT molecular complexity index is 628. The number of carbonyl (C=O) groups is 1. The number of halogens is 1. The molecule has 0 aliphatic carbocycles. The number of nitrogens with zero attached hydrogens (tertiary/aromatic N) is 1. The first-order chi connectivity index (χ1) is 9.91. The summed E-state index contributed by atoms with van der Waals surface area (Å²) >= 11 is 0. The van der Waals surface area contributed by atoms with Crippen LogP contribution in [0.3, 0.4) is 0 Å². The highest BCUT2D eigenvalue weighted by molar-refractivity contribution is 7.92. The topological polar surface area (TPSA) is 66.5 Å². The van der Waals surface area contributed by atoms with E-state index in [1.165, 1.54) is 24.3 Å². The highest BCUT2D eigenvalue weighted by atomic mass is 32.2. The summed E-state index contributed by atoms with van der Waals surface area (Å²) < 4.78 is 37.8. The summed E-state index contributed by atoms with van der Waals surface area (Å²) in [6, 6.07) is 5.40. The minimum Gasteiger partial charge on any atom is -0.338 e. The first kappa shape index (κ1) is 15.7. The Morgan fingerprint density at radius 2 is 2.10 bits per heavy atom. The van der Waals surface area contributed by atoms with Gasteiger partial charge in [-0.25, -0.2) is 17.5 Å². The molecule has 21 heavy (non-hydrogen) atoms. The van der Waals surface area contributed by atoms with Crippen LogP contribution in [0.1, 0.15) is 16.8 Å². The molecule has 0 bridgehead atoms. The Kier molecular flexibility index (Phi) is 4.74. The molecule has 1 unspecified atom stereocenters. The Morgan fingerprint density at radius 3 is 2.71 bits per heavy atom. The van der Waals surface area contributed by atoms with E-state index in [1.807, 2.05) is 0 Å². The van der Waals surface area contributed by atoms with Gasteiger partial charge in [0.05, 0.1) is 0 Å². The van der Waals surface area contributed by atoms with Crippen molar-refractivity contribution < 1.29 is 17.6 Å². The fourth-order valence-electron chi connectivity index (χ4n) is 2.25. The van der Waals surface area contributed by atoms with E-state index < -0.39 is 10.0 Å². The molecule has 0 saturated carbocycles.